The molecule has 9 heteroatoms. The number of benzene rings is 1. The lowest BCUT2D eigenvalue weighted by molar-refractivity contribution is -0.275. The molecule has 2 aromatic heterocycles. The maximum absolute atomic E-state index is 12.5. The lowest BCUT2D eigenvalue weighted by Crippen LogP contribution is -2.49. The highest BCUT2D eigenvalue weighted by molar-refractivity contribution is 6.00. The zero-order chi connectivity index (χ0) is 19.7. The molecule has 4 rings (SSSR count). The summed E-state index contributed by atoms with van der Waals surface area (Å²) in [5.74, 6) is -0.600. The van der Waals surface area contributed by atoms with Gasteiger partial charge in [0, 0.05) is 25.1 Å². The number of alkyl halides is 3. The van der Waals surface area contributed by atoms with Crippen LogP contribution in [0.15, 0.2) is 54.9 Å². The second kappa shape index (κ2) is 7.06. The number of para-hydroxylation sites is 2. The molecule has 3 aromatic rings. The average Bonchev–Trinajstić information content (AvgIpc) is 3.04. The van der Waals surface area contributed by atoms with E-state index in [1.807, 2.05) is 12.1 Å². The molecule has 1 aliphatic carbocycles. The third-order valence-corrected chi connectivity index (χ3v) is 4.47. The molecule has 1 amide bonds. The van der Waals surface area contributed by atoms with Gasteiger partial charge in [0.15, 0.2) is 11.5 Å². The standard InChI is InChI=1S/C19H16F3N3O3/c20-19(21,22)28-17-7-2-1-6-16(17)27-13-9-12(10-13)24-18(26)14-11-23-25-8-4-3-5-15(14)25/h1-8,11-13H,9-10H2,(H,24,26)/t12-,13-. The normalized spacial score (nSPS) is 19.1. The molecule has 2 heterocycles. The molecule has 0 unspecified atom stereocenters. The van der Waals surface area contributed by atoms with Crippen LogP contribution in [0.2, 0.25) is 0 Å². The highest BCUT2D eigenvalue weighted by Crippen LogP contribution is 2.35. The summed E-state index contributed by atoms with van der Waals surface area (Å²) in [6.45, 7) is 0. The summed E-state index contributed by atoms with van der Waals surface area (Å²) >= 11 is 0. The molecule has 0 aliphatic heterocycles. The van der Waals surface area contributed by atoms with Crippen molar-refractivity contribution in [1.29, 1.82) is 0 Å². The Morgan fingerprint density at radius 3 is 2.57 bits per heavy atom. The second-order valence-corrected chi connectivity index (χ2v) is 6.46. The first-order chi connectivity index (χ1) is 13.4. The number of halogens is 3. The summed E-state index contributed by atoms with van der Waals surface area (Å²) in [6.07, 6.45) is -0.852. The van der Waals surface area contributed by atoms with Crippen molar-refractivity contribution in [2.75, 3.05) is 0 Å². The number of hydrogen-bond acceptors (Lipinski definition) is 4. The maximum Gasteiger partial charge on any atom is 0.573 e. The predicted molar refractivity (Wildman–Crippen MR) is 93.2 cm³/mol. The van der Waals surface area contributed by atoms with E-state index in [2.05, 4.69) is 15.2 Å². The number of ether oxygens (including phenoxy) is 2. The fourth-order valence-electron chi connectivity index (χ4n) is 3.09. The Balaban J connectivity index is 1.34. The minimum absolute atomic E-state index is 0.0252. The number of amides is 1. The van der Waals surface area contributed by atoms with Crippen LogP contribution in [0.3, 0.4) is 0 Å². The molecule has 1 aromatic carbocycles. The fraction of sp³-hybridized carbons (Fsp3) is 0.263. The van der Waals surface area contributed by atoms with E-state index in [1.165, 1.54) is 24.4 Å². The molecule has 0 spiro atoms. The van der Waals surface area contributed by atoms with Gasteiger partial charge in [0.1, 0.15) is 6.10 Å². The highest BCUT2D eigenvalue weighted by atomic mass is 19.4. The lowest BCUT2D eigenvalue weighted by Gasteiger charge is -2.36. The van der Waals surface area contributed by atoms with Crippen LogP contribution in [0.5, 0.6) is 11.5 Å². The predicted octanol–water partition coefficient (Wildman–Crippen LogP) is 3.57. The van der Waals surface area contributed by atoms with Gasteiger partial charge in [0.2, 0.25) is 0 Å². The van der Waals surface area contributed by atoms with Gasteiger partial charge in [0.25, 0.3) is 5.91 Å². The molecule has 28 heavy (non-hydrogen) atoms. The van der Waals surface area contributed by atoms with Crippen molar-refractivity contribution in [3.63, 3.8) is 0 Å². The Hall–Kier alpha value is -3.23. The van der Waals surface area contributed by atoms with Crippen molar-refractivity contribution in [2.24, 2.45) is 0 Å². The van der Waals surface area contributed by atoms with Crippen LogP contribution in [-0.4, -0.2) is 34.0 Å². The lowest BCUT2D eigenvalue weighted by atomic mass is 9.89. The SMILES string of the molecule is O=C(N[C@H]1C[C@H](Oc2ccccc2OC(F)(F)F)C1)c1cnn2ccccc12. The van der Waals surface area contributed by atoms with E-state index >= 15 is 0 Å². The Morgan fingerprint density at radius 2 is 1.82 bits per heavy atom. The van der Waals surface area contributed by atoms with E-state index in [9.17, 15) is 18.0 Å². The van der Waals surface area contributed by atoms with Gasteiger partial charge < -0.3 is 14.8 Å². The number of pyridine rings is 1. The topological polar surface area (TPSA) is 64.9 Å². The van der Waals surface area contributed by atoms with Crippen molar-refractivity contribution < 1.29 is 27.4 Å². The molecule has 1 aliphatic rings. The number of nitrogens with zero attached hydrogens (tertiary/aromatic N) is 2. The smallest absolute Gasteiger partial charge is 0.486 e. The van der Waals surface area contributed by atoms with Crippen LogP contribution in [0.25, 0.3) is 5.52 Å². The Kier molecular flexibility index (Phi) is 4.58. The number of rotatable bonds is 5. The highest BCUT2D eigenvalue weighted by Gasteiger charge is 2.35. The molecule has 1 saturated carbocycles. The largest absolute Gasteiger partial charge is 0.573 e. The summed E-state index contributed by atoms with van der Waals surface area (Å²) in [5, 5.41) is 7.02. The number of hydrogen-bond donors (Lipinski definition) is 1. The molecule has 1 N–H and O–H groups in total. The number of carbonyl (C=O) groups excluding carboxylic acids is 1. The molecule has 146 valence electrons. The van der Waals surface area contributed by atoms with Gasteiger partial charge in [-0.25, -0.2) is 4.52 Å². The first kappa shape index (κ1) is 18.1. The summed E-state index contributed by atoms with van der Waals surface area (Å²) in [5.41, 5.74) is 1.17. The first-order valence-electron chi connectivity index (χ1n) is 8.64. The van der Waals surface area contributed by atoms with E-state index in [0.29, 0.717) is 23.9 Å². The minimum Gasteiger partial charge on any atom is -0.486 e. The zero-order valence-electron chi connectivity index (χ0n) is 14.5. The van der Waals surface area contributed by atoms with E-state index < -0.39 is 6.36 Å². The van der Waals surface area contributed by atoms with E-state index in [-0.39, 0.29) is 29.6 Å². The third-order valence-electron chi connectivity index (χ3n) is 4.47. The van der Waals surface area contributed by atoms with Gasteiger partial charge in [-0.2, -0.15) is 5.10 Å². The Morgan fingerprint density at radius 1 is 1.11 bits per heavy atom. The summed E-state index contributed by atoms with van der Waals surface area (Å²) in [4.78, 5) is 12.4. The van der Waals surface area contributed by atoms with Gasteiger partial charge in [-0.3, -0.25) is 4.79 Å². The minimum atomic E-state index is -4.79. The maximum atomic E-state index is 12.5. The molecule has 0 bridgehead atoms. The number of aromatic nitrogens is 2. The van der Waals surface area contributed by atoms with Crippen molar-refractivity contribution in [2.45, 2.75) is 31.3 Å². The van der Waals surface area contributed by atoms with Crippen LogP contribution in [0.4, 0.5) is 13.2 Å². The van der Waals surface area contributed by atoms with Crippen molar-refractivity contribution in [3.8, 4) is 11.5 Å². The van der Waals surface area contributed by atoms with E-state index in [4.69, 9.17) is 4.74 Å². The monoisotopic (exact) mass is 391 g/mol. The molecule has 0 atom stereocenters. The van der Waals surface area contributed by atoms with Crippen LogP contribution in [0.1, 0.15) is 23.2 Å². The van der Waals surface area contributed by atoms with Crippen molar-refractivity contribution in [1.82, 2.24) is 14.9 Å². The number of fused-ring (bicyclic) bond motifs is 1. The first-order valence-corrected chi connectivity index (χ1v) is 8.64. The molecule has 0 saturated heterocycles. The summed E-state index contributed by atoms with van der Waals surface area (Å²) in [7, 11) is 0. The molecular weight excluding hydrogens is 375 g/mol. The summed E-state index contributed by atoms with van der Waals surface area (Å²) in [6, 6.07) is 10.9. The van der Waals surface area contributed by atoms with Crippen molar-refractivity contribution >= 4 is 11.4 Å². The van der Waals surface area contributed by atoms with Crippen LogP contribution in [-0.2, 0) is 0 Å². The van der Waals surface area contributed by atoms with Gasteiger partial charge >= 0.3 is 6.36 Å². The van der Waals surface area contributed by atoms with Gasteiger partial charge in [0.05, 0.1) is 17.3 Å². The van der Waals surface area contributed by atoms with E-state index in [0.717, 1.165) is 0 Å². The van der Waals surface area contributed by atoms with Gasteiger partial charge in [-0.15, -0.1) is 13.2 Å². The van der Waals surface area contributed by atoms with E-state index in [1.54, 1.807) is 22.8 Å². The second-order valence-electron chi connectivity index (χ2n) is 6.46. The van der Waals surface area contributed by atoms with Crippen LogP contribution in [0, 0.1) is 0 Å². The summed E-state index contributed by atoms with van der Waals surface area (Å²) < 4.78 is 48.6. The quantitative estimate of drug-likeness (QED) is 0.722. The fourth-order valence-corrected chi connectivity index (χ4v) is 3.09. The Labute approximate surface area is 157 Å². The zero-order valence-corrected chi connectivity index (χ0v) is 14.5. The molecular formula is C19H16F3N3O3. The van der Waals surface area contributed by atoms with Crippen LogP contribution >= 0.6 is 0 Å². The molecule has 1 fully saturated rings. The number of carbonyl (C=O) groups is 1. The molecule has 6 nitrogen and oxygen atoms in total. The average molecular weight is 391 g/mol. The number of nitrogens with one attached hydrogen (secondary N) is 1. The Bertz CT molecular complexity index is 996. The van der Waals surface area contributed by atoms with Gasteiger partial charge in [-0.1, -0.05) is 18.2 Å². The third kappa shape index (κ3) is 3.88. The van der Waals surface area contributed by atoms with Crippen molar-refractivity contribution in [3.05, 3.63) is 60.4 Å². The van der Waals surface area contributed by atoms with Gasteiger partial charge in [-0.05, 0) is 24.3 Å². The molecule has 0 radical (unpaired) electrons. The van der Waals surface area contributed by atoms with Crippen LogP contribution < -0.4 is 14.8 Å².